The summed E-state index contributed by atoms with van der Waals surface area (Å²) in [6, 6.07) is 4.80. The summed E-state index contributed by atoms with van der Waals surface area (Å²) in [5, 5.41) is 2.63. The minimum atomic E-state index is -1.21. The van der Waals surface area contributed by atoms with Gasteiger partial charge in [-0.15, -0.1) is 0 Å². The summed E-state index contributed by atoms with van der Waals surface area (Å²) in [6.07, 6.45) is -0.293. The molecule has 1 aliphatic rings. The number of imide groups is 1. The number of nitrogens with one attached hydrogen (secondary N) is 1. The Labute approximate surface area is 136 Å². The van der Waals surface area contributed by atoms with Gasteiger partial charge >= 0.3 is 5.97 Å². The van der Waals surface area contributed by atoms with Gasteiger partial charge < -0.3 is 15.9 Å². The highest BCUT2D eigenvalue weighted by Gasteiger charge is 2.39. The number of primary amides is 1. The number of hydroxylamine groups is 2. The van der Waals surface area contributed by atoms with Crippen molar-refractivity contribution in [2.24, 2.45) is 5.73 Å². The molecule has 4 amide bonds. The average Bonchev–Trinajstić information content (AvgIpc) is 2.76. The first-order chi connectivity index (χ1) is 11.3. The molecule has 1 aromatic rings. The van der Waals surface area contributed by atoms with E-state index in [1.165, 1.54) is 19.1 Å². The van der Waals surface area contributed by atoms with Gasteiger partial charge in [0.25, 0.3) is 11.8 Å². The fraction of sp³-hybridized carbons (Fsp3) is 0.267. The van der Waals surface area contributed by atoms with E-state index in [4.69, 9.17) is 10.6 Å². The summed E-state index contributed by atoms with van der Waals surface area (Å²) in [7, 11) is 0. The molecule has 0 aliphatic carbocycles. The lowest BCUT2D eigenvalue weighted by atomic mass is 10.1. The Morgan fingerprint density at radius 2 is 1.71 bits per heavy atom. The van der Waals surface area contributed by atoms with Crippen molar-refractivity contribution in [3.8, 4) is 0 Å². The first kappa shape index (κ1) is 17.1. The number of hydrogen-bond donors (Lipinski definition) is 2. The van der Waals surface area contributed by atoms with Crippen LogP contribution in [-0.2, 0) is 19.2 Å². The van der Waals surface area contributed by atoms with Crippen LogP contribution in [-0.4, -0.2) is 40.7 Å². The summed E-state index contributed by atoms with van der Waals surface area (Å²) in [5.74, 6) is -3.80. The van der Waals surface area contributed by atoms with Gasteiger partial charge in [0.2, 0.25) is 11.8 Å². The van der Waals surface area contributed by atoms with Gasteiger partial charge in [0.15, 0.2) is 0 Å². The number of carbonyl (C=O) groups excluding carboxylic acids is 5. The number of fused-ring (bicyclic) bond motifs is 1. The van der Waals surface area contributed by atoms with Crippen LogP contribution in [0.15, 0.2) is 24.3 Å². The van der Waals surface area contributed by atoms with Crippen molar-refractivity contribution in [1.82, 2.24) is 10.4 Å². The highest BCUT2D eigenvalue weighted by molar-refractivity contribution is 6.20. The monoisotopic (exact) mass is 333 g/mol. The van der Waals surface area contributed by atoms with E-state index < -0.39 is 35.6 Å². The Morgan fingerprint density at radius 3 is 2.17 bits per heavy atom. The Hall–Kier alpha value is -3.23. The molecule has 1 unspecified atom stereocenters. The van der Waals surface area contributed by atoms with Crippen LogP contribution in [0.3, 0.4) is 0 Å². The fourth-order valence-electron chi connectivity index (χ4n) is 2.18. The summed E-state index contributed by atoms with van der Waals surface area (Å²) >= 11 is 0. The first-order valence-corrected chi connectivity index (χ1v) is 7.06. The maximum atomic E-state index is 12.2. The number of hydrogen-bond acceptors (Lipinski definition) is 6. The van der Waals surface area contributed by atoms with Gasteiger partial charge in [-0.05, 0) is 18.6 Å². The van der Waals surface area contributed by atoms with Gasteiger partial charge in [-0.2, -0.15) is 0 Å². The highest BCUT2D eigenvalue weighted by Crippen LogP contribution is 2.23. The second-order valence-corrected chi connectivity index (χ2v) is 5.12. The second kappa shape index (κ2) is 6.90. The van der Waals surface area contributed by atoms with Gasteiger partial charge in [0.05, 0.1) is 11.1 Å². The van der Waals surface area contributed by atoms with E-state index in [0.717, 1.165) is 0 Å². The maximum absolute atomic E-state index is 12.2. The van der Waals surface area contributed by atoms with Gasteiger partial charge in [-0.3, -0.25) is 19.2 Å². The van der Waals surface area contributed by atoms with Crippen LogP contribution in [0.5, 0.6) is 0 Å². The van der Waals surface area contributed by atoms with Crippen molar-refractivity contribution in [3.63, 3.8) is 0 Å². The molecule has 2 rings (SSSR count). The molecule has 0 fully saturated rings. The van der Waals surface area contributed by atoms with Crippen LogP contribution < -0.4 is 11.1 Å². The standard InChI is InChI=1S/C15H15N3O6/c1-8(19)17-11(6-7-12(16)20)15(23)24-18-13(21)9-4-2-3-5-10(9)14(18)22/h2-5,11H,6-7H2,1H3,(H2,16,20)(H,17,19). The van der Waals surface area contributed by atoms with Crippen molar-refractivity contribution in [1.29, 1.82) is 0 Å². The predicted molar refractivity (Wildman–Crippen MR) is 79.1 cm³/mol. The zero-order valence-corrected chi connectivity index (χ0v) is 12.8. The summed E-state index contributed by atoms with van der Waals surface area (Å²) in [5.41, 5.74) is 5.24. The zero-order chi connectivity index (χ0) is 17.9. The molecule has 0 saturated carbocycles. The minimum Gasteiger partial charge on any atom is -0.370 e. The lowest BCUT2D eigenvalue weighted by Gasteiger charge is -2.19. The van der Waals surface area contributed by atoms with E-state index in [-0.39, 0.29) is 24.0 Å². The zero-order valence-electron chi connectivity index (χ0n) is 12.8. The summed E-state index contributed by atoms with van der Waals surface area (Å²) < 4.78 is 0. The molecular weight excluding hydrogens is 318 g/mol. The van der Waals surface area contributed by atoms with Gasteiger partial charge in [0.1, 0.15) is 6.04 Å². The normalized spacial score (nSPS) is 14.1. The number of rotatable bonds is 6. The predicted octanol–water partition coefficient (Wildman–Crippen LogP) is -0.489. The molecule has 0 aromatic heterocycles. The minimum absolute atomic E-state index is 0.114. The quantitative estimate of drug-likeness (QED) is 0.674. The van der Waals surface area contributed by atoms with E-state index in [0.29, 0.717) is 5.06 Å². The number of nitrogens with two attached hydrogens (primary N) is 1. The molecule has 0 spiro atoms. The van der Waals surface area contributed by atoms with Crippen LogP contribution in [0, 0.1) is 0 Å². The maximum Gasteiger partial charge on any atom is 0.355 e. The van der Waals surface area contributed by atoms with Crippen LogP contribution in [0.2, 0.25) is 0 Å². The van der Waals surface area contributed by atoms with Crippen molar-refractivity contribution in [2.45, 2.75) is 25.8 Å². The number of benzene rings is 1. The summed E-state index contributed by atoms with van der Waals surface area (Å²) in [4.78, 5) is 63.2. The van der Waals surface area contributed by atoms with E-state index in [9.17, 15) is 24.0 Å². The van der Waals surface area contributed by atoms with E-state index in [1.807, 2.05) is 0 Å². The Morgan fingerprint density at radius 1 is 1.17 bits per heavy atom. The number of amides is 4. The molecule has 1 heterocycles. The van der Waals surface area contributed by atoms with Crippen molar-refractivity contribution < 1.29 is 28.8 Å². The van der Waals surface area contributed by atoms with E-state index in [1.54, 1.807) is 12.1 Å². The van der Waals surface area contributed by atoms with Crippen LogP contribution >= 0.6 is 0 Å². The molecule has 126 valence electrons. The lowest BCUT2D eigenvalue weighted by molar-refractivity contribution is -0.172. The molecule has 9 heteroatoms. The average molecular weight is 333 g/mol. The molecule has 3 N–H and O–H groups in total. The topological polar surface area (TPSA) is 136 Å². The van der Waals surface area contributed by atoms with Crippen molar-refractivity contribution >= 4 is 29.6 Å². The fourth-order valence-corrected chi connectivity index (χ4v) is 2.18. The second-order valence-electron chi connectivity index (χ2n) is 5.12. The van der Waals surface area contributed by atoms with Crippen molar-refractivity contribution in [2.75, 3.05) is 0 Å². The molecule has 9 nitrogen and oxygen atoms in total. The summed E-state index contributed by atoms with van der Waals surface area (Å²) in [6.45, 7) is 1.17. The lowest BCUT2D eigenvalue weighted by Crippen LogP contribution is -2.45. The smallest absolute Gasteiger partial charge is 0.355 e. The molecule has 0 saturated heterocycles. The SMILES string of the molecule is CC(=O)NC(CCC(N)=O)C(=O)ON1C(=O)c2ccccc2C1=O. The Balaban J connectivity index is 2.12. The van der Waals surface area contributed by atoms with Gasteiger partial charge in [-0.25, -0.2) is 4.79 Å². The number of nitrogens with zero attached hydrogens (tertiary/aromatic N) is 1. The third-order valence-electron chi connectivity index (χ3n) is 3.28. The van der Waals surface area contributed by atoms with E-state index >= 15 is 0 Å². The largest absolute Gasteiger partial charge is 0.370 e. The molecule has 1 aromatic carbocycles. The van der Waals surface area contributed by atoms with Crippen molar-refractivity contribution in [3.05, 3.63) is 35.4 Å². The van der Waals surface area contributed by atoms with Crippen LogP contribution in [0.25, 0.3) is 0 Å². The van der Waals surface area contributed by atoms with Gasteiger partial charge in [-0.1, -0.05) is 17.2 Å². The highest BCUT2D eigenvalue weighted by atomic mass is 16.7. The number of carbonyl (C=O) groups is 5. The molecule has 24 heavy (non-hydrogen) atoms. The molecule has 1 atom stereocenters. The molecule has 0 bridgehead atoms. The molecule has 0 radical (unpaired) electrons. The first-order valence-electron chi connectivity index (χ1n) is 7.06. The van der Waals surface area contributed by atoms with Crippen LogP contribution in [0.1, 0.15) is 40.5 Å². The van der Waals surface area contributed by atoms with E-state index in [2.05, 4.69) is 5.32 Å². The third kappa shape index (κ3) is 3.57. The Bertz CT molecular complexity index is 695. The van der Waals surface area contributed by atoms with Crippen LogP contribution in [0.4, 0.5) is 0 Å². The third-order valence-corrected chi connectivity index (χ3v) is 3.28. The molecule has 1 aliphatic heterocycles. The Kier molecular flexibility index (Phi) is 4.93. The molecular formula is C15H15N3O6. The van der Waals surface area contributed by atoms with Gasteiger partial charge in [0, 0.05) is 13.3 Å².